The maximum Gasteiger partial charge on any atom is 0.416 e. The number of alkyl halides is 3. The monoisotopic (exact) mass is 349 g/mol. The molecule has 1 amide bonds. The number of nitrogens with zero attached hydrogens (tertiary/aromatic N) is 1. The summed E-state index contributed by atoms with van der Waals surface area (Å²) in [7, 11) is -3.51. The Morgan fingerprint density at radius 3 is 2.17 bits per heavy atom. The Labute approximate surface area is 133 Å². The normalized spacial score (nSPS) is 16.9. The first-order chi connectivity index (χ1) is 10.5. The molecule has 1 atom stereocenters. The fourth-order valence-electron chi connectivity index (χ4n) is 2.19. The summed E-state index contributed by atoms with van der Waals surface area (Å²) in [6.07, 6.45) is -1.85. The fraction of sp³-hybridized carbons (Fsp3) is 0.533. The van der Waals surface area contributed by atoms with Gasteiger partial charge in [-0.3, -0.25) is 4.79 Å². The molecule has 1 aromatic rings. The number of carbonyl (C=O) groups excluding carboxylic acids is 1. The summed E-state index contributed by atoms with van der Waals surface area (Å²) >= 11 is 0. The number of rotatable bonds is 5. The zero-order chi connectivity index (χ0) is 17.4. The van der Waals surface area contributed by atoms with Gasteiger partial charge in [-0.1, -0.05) is 12.1 Å². The SMILES string of the molecule is C[C@@H](C(=O)N(Cc1ccc(C(F)(F)F)cc1)C1CC1)S(C)(=O)=O. The lowest BCUT2D eigenvalue weighted by Crippen LogP contribution is -2.42. The summed E-state index contributed by atoms with van der Waals surface area (Å²) < 4.78 is 60.8. The largest absolute Gasteiger partial charge is 0.416 e. The van der Waals surface area contributed by atoms with Crippen molar-refractivity contribution in [3.8, 4) is 0 Å². The summed E-state index contributed by atoms with van der Waals surface area (Å²) in [4.78, 5) is 13.8. The molecule has 1 saturated carbocycles. The summed E-state index contributed by atoms with van der Waals surface area (Å²) in [6.45, 7) is 1.45. The van der Waals surface area contributed by atoms with Crippen molar-refractivity contribution >= 4 is 15.7 Å². The molecule has 0 unspecified atom stereocenters. The third-order valence-electron chi connectivity index (χ3n) is 3.89. The Morgan fingerprint density at radius 1 is 1.26 bits per heavy atom. The molecule has 0 aromatic heterocycles. The van der Waals surface area contributed by atoms with E-state index in [1.807, 2.05) is 0 Å². The van der Waals surface area contributed by atoms with Gasteiger partial charge in [-0.2, -0.15) is 13.2 Å². The second-order valence-electron chi connectivity index (χ2n) is 5.86. The minimum absolute atomic E-state index is 0.0333. The van der Waals surface area contributed by atoms with Gasteiger partial charge in [0, 0.05) is 18.8 Å². The van der Waals surface area contributed by atoms with Gasteiger partial charge in [0.25, 0.3) is 0 Å². The van der Waals surface area contributed by atoms with Crippen LogP contribution in [0.3, 0.4) is 0 Å². The molecule has 0 heterocycles. The van der Waals surface area contributed by atoms with Gasteiger partial charge in [-0.15, -0.1) is 0 Å². The summed E-state index contributed by atoms with van der Waals surface area (Å²) in [5.41, 5.74) is -0.214. The molecule has 0 spiro atoms. The first kappa shape index (κ1) is 17.8. The number of hydrogen-bond donors (Lipinski definition) is 0. The minimum Gasteiger partial charge on any atom is -0.334 e. The van der Waals surface area contributed by atoms with Gasteiger partial charge in [0.15, 0.2) is 9.84 Å². The molecule has 1 aromatic carbocycles. The van der Waals surface area contributed by atoms with Crippen LogP contribution in [0.2, 0.25) is 0 Å². The fourth-order valence-corrected chi connectivity index (χ4v) is 2.69. The van der Waals surface area contributed by atoms with Crippen LogP contribution < -0.4 is 0 Å². The van der Waals surface area contributed by atoms with E-state index in [4.69, 9.17) is 0 Å². The summed E-state index contributed by atoms with van der Waals surface area (Å²) in [5.74, 6) is -0.505. The first-order valence-electron chi connectivity index (χ1n) is 7.15. The predicted molar refractivity (Wildman–Crippen MR) is 79.3 cm³/mol. The molecule has 0 N–H and O–H groups in total. The smallest absolute Gasteiger partial charge is 0.334 e. The molecule has 1 aliphatic rings. The Balaban J connectivity index is 2.16. The predicted octanol–water partition coefficient (Wildman–Crippen LogP) is 2.63. The van der Waals surface area contributed by atoms with Crippen molar-refractivity contribution in [3.63, 3.8) is 0 Å². The van der Waals surface area contributed by atoms with Gasteiger partial charge in [0.2, 0.25) is 5.91 Å². The maximum absolute atomic E-state index is 12.6. The van der Waals surface area contributed by atoms with Crippen LogP contribution in [0, 0.1) is 0 Å². The van der Waals surface area contributed by atoms with Crippen LogP contribution in [0.5, 0.6) is 0 Å². The number of sulfone groups is 1. The highest BCUT2D eigenvalue weighted by molar-refractivity contribution is 7.92. The number of amides is 1. The van der Waals surface area contributed by atoms with E-state index in [9.17, 15) is 26.4 Å². The molecule has 23 heavy (non-hydrogen) atoms. The first-order valence-corrected chi connectivity index (χ1v) is 9.11. The quantitative estimate of drug-likeness (QED) is 0.821. The maximum atomic E-state index is 12.6. The van der Waals surface area contributed by atoms with E-state index in [2.05, 4.69) is 0 Å². The third-order valence-corrected chi connectivity index (χ3v) is 5.38. The number of hydrogen-bond acceptors (Lipinski definition) is 3. The lowest BCUT2D eigenvalue weighted by molar-refractivity contribution is -0.137. The van der Waals surface area contributed by atoms with Crippen LogP contribution in [-0.4, -0.2) is 36.8 Å². The molecule has 0 bridgehead atoms. The Hall–Kier alpha value is -1.57. The van der Waals surface area contributed by atoms with Crippen molar-refractivity contribution in [1.29, 1.82) is 0 Å². The van der Waals surface area contributed by atoms with E-state index in [1.54, 1.807) is 0 Å². The number of halogens is 3. The Bertz CT molecular complexity index is 679. The molecule has 0 saturated heterocycles. The molecular weight excluding hydrogens is 331 g/mol. The van der Waals surface area contributed by atoms with Crippen molar-refractivity contribution < 1.29 is 26.4 Å². The van der Waals surface area contributed by atoms with Gasteiger partial charge >= 0.3 is 6.18 Å². The summed E-state index contributed by atoms with van der Waals surface area (Å²) in [6, 6.07) is 4.53. The standard InChI is InChI=1S/C15H18F3NO3S/c1-10(23(2,21)22)14(20)19(13-7-8-13)9-11-3-5-12(6-4-11)15(16,17)18/h3-6,10,13H,7-9H2,1-2H3/t10-/m0/s1. The highest BCUT2D eigenvalue weighted by atomic mass is 32.2. The molecule has 2 rings (SSSR count). The van der Waals surface area contributed by atoms with Crippen LogP contribution in [0.25, 0.3) is 0 Å². The molecule has 0 radical (unpaired) electrons. The molecule has 1 fully saturated rings. The Kier molecular flexibility index (Phi) is 4.75. The van der Waals surface area contributed by atoms with Crippen LogP contribution in [0.15, 0.2) is 24.3 Å². The average molecular weight is 349 g/mol. The van der Waals surface area contributed by atoms with Crippen LogP contribution in [0.4, 0.5) is 13.2 Å². The lowest BCUT2D eigenvalue weighted by Gasteiger charge is -2.25. The van der Waals surface area contributed by atoms with Gasteiger partial charge in [0.05, 0.1) is 5.56 Å². The van der Waals surface area contributed by atoms with Crippen LogP contribution in [0.1, 0.15) is 30.9 Å². The van der Waals surface area contributed by atoms with Crippen molar-refractivity contribution in [2.45, 2.75) is 43.8 Å². The highest BCUT2D eigenvalue weighted by Crippen LogP contribution is 2.31. The topological polar surface area (TPSA) is 54.5 Å². The highest BCUT2D eigenvalue weighted by Gasteiger charge is 2.37. The van der Waals surface area contributed by atoms with E-state index in [0.717, 1.165) is 31.2 Å². The van der Waals surface area contributed by atoms with Crippen molar-refractivity contribution in [1.82, 2.24) is 4.90 Å². The zero-order valence-electron chi connectivity index (χ0n) is 12.8. The third kappa shape index (κ3) is 4.46. The molecule has 128 valence electrons. The minimum atomic E-state index is -4.41. The number of carbonyl (C=O) groups is 1. The Morgan fingerprint density at radius 2 is 1.78 bits per heavy atom. The van der Waals surface area contributed by atoms with E-state index >= 15 is 0 Å². The van der Waals surface area contributed by atoms with Crippen molar-refractivity contribution in [3.05, 3.63) is 35.4 Å². The lowest BCUT2D eigenvalue weighted by atomic mass is 10.1. The second kappa shape index (κ2) is 6.14. The van der Waals surface area contributed by atoms with E-state index in [-0.39, 0.29) is 12.6 Å². The van der Waals surface area contributed by atoms with Crippen LogP contribution in [-0.2, 0) is 27.4 Å². The molecule has 8 heteroatoms. The van der Waals surface area contributed by atoms with E-state index in [1.165, 1.54) is 24.0 Å². The van der Waals surface area contributed by atoms with Gasteiger partial charge in [-0.05, 0) is 37.5 Å². The van der Waals surface area contributed by atoms with Gasteiger partial charge in [0.1, 0.15) is 5.25 Å². The number of benzene rings is 1. The molecule has 1 aliphatic carbocycles. The van der Waals surface area contributed by atoms with Crippen molar-refractivity contribution in [2.75, 3.05) is 6.26 Å². The zero-order valence-corrected chi connectivity index (χ0v) is 13.6. The van der Waals surface area contributed by atoms with Crippen LogP contribution >= 0.6 is 0 Å². The van der Waals surface area contributed by atoms with Crippen molar-refractivity contribution in [2.24, 2.45) is 0 Å². The molecule has 4 nitrogen and oxygen atoms in total. The van der Waals surface area contributed by atoms with E-state index in [0.29, 0.717) is 5.56 Å². The second-order valence-corrected chi connectivity index (χ2v) is 8.23. The molecular formula is C15H18F3NO3S. The van der Waals surface area contributed by atoms with Gasteiger partial charge in [-0.25, -0.2) is 8.42 Å². The van der Waals surface area contributed by atoms with Gasteiger partial charge < -0.3 is 4.90 Å². The molecule has 0 aliphatic heterocycles. The summed E-state index contributed by atoms with van der Waals surface area (Å²) in [5, 5.41) is -1.16. The van der Waals surface area contributed by atoms with E-state index < -0.39 is 32.7 Å². The average Bonchev–Trinajstić information content (AvgIpc) is 3.26.